The summed E-state index contributed by atoms with van der Waals surface area (Å²) in [6.45, 7) is 11.0. The van der Waals surface area contributed by atoms with Gasteiger partial charge in [0, 0.05) is 24.5 Å². The van der Waals surface area contributed by atoms with Gasteiger partial charge in [-0.2, -0.15) is 0 Å². The smallest absolute Gasteiger partial charge is 0.221 e. The monoisotopic (exact) mass is 318 g/mol. The molecule has 0 aromatic carbocycles. The number of hydrogen-bond donors (Lipinski definition) is 1. The molecule has 1 rings (SSSR count). The van der Waals surface area contributed by atoms with E-state index in [9.17, 15) is 4.79 Å². The Labute approximate surface area is 120 Å². The molecule has 3 nitrogen and oxygen atoms in total. The summed E-state index contributed by atoms with van der Waals surface area (Å²) < 4.78 is 0. The van der Waals surface area contributed by atoms with Crippen LogP contribution in [-0.4, -0.2) is 35.3 Å². The Morgan fingerprint density at radius 3 is 2.50 bits per heavy atom. The van der Waals surface area contributed by atoms with Crippen molar-refractivity contribution in [2.45, 2.75) is 46.6 Å². The largest absolute Gasteiger partial charge is 0.369 e. The lowest BCUT2D eigenvalue weighted by Gasteiger charge is -2.41. The van der Waals surface area contributed by atoms with Gasteiger partial charge >= 0.3 is 0 Å². The summed E-state index contributed by atoms with van der Waals surface area (Å²) in [5.41, 5.74) is 5.73. The quantitative estimate of drug-likeness (QED) is 0.810. The summed E-state index contributed by atoms with van der Waals surface area (Å²) in [5.74, 6) is 0.488. The normalized spacial score (nSPS) is 28.1. The molecule has 0 spiro atoms. The second kappa shape index (κ2) is 6.38. The maximum Gasteiger partial charge on any atom is 0.221 e. The van der Waals surface area contributed by atoms with Crippen LogP contribution in [-0.2, 0) is 4.79 Å². The van der Waals surface area contributed by atoms with Crippen LogP contribution in [0.5, 0.6) is 0 Å². The van der Waals surface area contributed by atoms with E-state index >= 15 is 0 Å². The average molecular weight is 319 g/mol. The molecule has 18 heavy (non-hydrogen) atoms. The van der Waals surface area contributed by atoms with Crippen molar-refractivity contribution in [3.63, 3.8) is 0 Å². The van der Waals surface area contributed by atoms with Gasteiger partial charge in [-0.25, -0.2) is 0 Å². The summed E-state index contributed by atoms with van der Waals surface area (Å²) in [6.07, 6.45) is 2.02. The zero-order chi connectivity index (χ0) is 13.9. The van der Waals surface area contributed by atoms with Gasteiger partial charge < -0.3 is 5.73 Å². The van der Waals surface area contributed by atoms with E-state index in [0.29, 0.717) is 12.0 Å². The van der Waals surface area contributed by atoms with Gasteiger partial charge in [0.15, 0.2) is 0 Å². The molecule has 0 saturated carbocycles. The van der Waals surface area contributed by atoms with Gasteiger partial charge in [0.25, 0.3) is 0 Å². The molecule has 1 saturated heterocycles. The van der Waals surface area contributed by atoms with E-state index < -0.39 is 0 Å². The third-order valence-electron chi connectivity index (χ3n) is 4.28. The fourth-order valence-corrected chi connectivity index (χ4v) is 3.68. The fraction of sp³-hybridized carbons (Fsp3) is 0.929. The van der Waals surface area contributed by atoms with E-state index in [2.05, 4.69) is 48.5 Å². The molecule has 2 N–H and O–H groups in total. The second-order valence-electron chi connectivity index (χ2n) is 6.70. The highest BCUT2D eigenvalue weighted by Crippen LogP contribution is 2.31. The van der Waals surface area contributed by atoms with Crippen molar-refractivity contribution in [3.05, 3.63) is 0 Å². The van der Waals surface area contributed by atoms with Crippen molar-refractivity contribution < 1.29 is 4.79 Å². The molecule has 1 fully saturated rings. The summed E-state index contributed by atoms with van der Waals surface area (Å²) in [7, 11) is 0. The van der Waals surface area contributed by atoms with Crippen LogP contribution in [0.4, 0.5) is 0 Å². The van der Waals surface area contributed by atoms with Crippen LogP contribution < -0.4 is 5.73 Å². The number of hydrogen-bond acceptors (Lipinski definition) is 2. The Morgan fingerprint density at radius 1 is 1.44 bits per heavy atom. The average Bonchev–Trinajstić information content (AvgIpc) is 2.25. The minimum absolute atomic E-state index is 0.0390. The highest BCUT2D eigenvalue weighted by Gasteiger charge is 2.32. The number of rotatable bonds is 4. The van der Waals surface area contributed by atoms with E-state index in [1.807, 2.05) is 0 Å². The molecule has 4 heteroatoms. The van der Waals surface area contributed by atoms with Crippen molar-refractivity contribution in [2.75, 3.05) is 18.4 Å². The van der Waals surface area contributed by atoms with Gasteiger partial charge in [-0.3, -0.25) is 9.69 Å². The number of piperidine rings is 1. The standard InChI is InChI=1S/C14H27BrN2O/c1-10-5-6-11(13(16)18)8-17(10)9-12(7-15)14(2,3)4/h10-12H,5-9H2,1-4H3,(H2,16,18). The van der Waals surface area contributed by atoms with Crippen molar-refractivity contribution in [1.29, 1.82) is 0 Å². The third-order valence-corrected chi connectivity index (χ3v) is 5.06. The van der Waals surface area contributed by atoms with Crippen molar-refractivity contribution in [1.82, 2.24) is 4.90 Å². The molecular weight excluding hydrogens is 292 g/mol. The fourth-order valence-electron chi connectivity index (χ4n) is 2.50. The van der Waals surface area contributed by atoms with E-state index in [1.165, 1.54) is 0 Å². The Morgan fingerprint density at radius 2 is 2.06 bits per heavy atom. The van der Waals surface area contributed by atoms with Gasteiger partial charge in [0.2, 0.25) is 5.91 Å². The lowest BCUT2D eigenvalue weighted by molar-refractivity contribution is -0.124. The van der Waals surface area contributed by atoms with E-state index in [-0.39, 0.29) is 17.2 Å². The number of nitrogens with zero attached hydrogens (tertiary/aromatic N) is 1. The predicted octanol–water partition coefficient (Wildman–Crippen LogP) is 2.63. The number of nitrogens with two attached hydrogens (primary N) is 1. The van der Waals surface area contributed by atoms with Gasteiger partial charge in [-0.05, 0) is 31.1 Å². The van der Waals surface area contributed by atoms with Crippen molar-refractivity contribution in [3.8, 4) is 0 Å². The third kappa shape index (κ3) is 4.23. The summed E-state index contributed by atoms with van der Waals surface area (Å²) >= 11 is 3.62. The zero-order valence-electron chi connectivity index (χ0n) is 12.1. The number of primary amides is 1. The van der Waals surface area contributed by atoms with Gasteiger partial charge in [0.05, 0.1) is 5.92 Å². The first-order valence-electron chi connectivity index (χ1n) is 6.85. The van der Waals surface area contributed by atoms with Gasteiger partial charge in [-0.15, -0.1) is 0 Å². The summed E-state index contributed by atoms with van der Waals surface area (Å²) in [6, 6.07) is 0.560. The number of alkyl halides is 1. The minimum Gasteiger partial charge on any atom is -0.369 e. The van der Waals surface area contributed by atoms with Gasteiger partial charge in [0.1, 0.15) is 0 Å². The van der Waals surface area contributed by atoms with E-state index in [1.54, 1.807) is 0 Å². The molecule has 0 radical (unpaired) electrons. The van der Waals surface area contributed by atoms with Crippen molar-refractivity contribution in [2.24, 2.45) is 23.0 Å². The van der Waals surface area contributed by atoms with Crippen LogP contribution in [0, 0.1) is 17.3 Å². The number of halogens is 1. The summed E-state index contributed by atoms with van der Waals surface area (Å²) in [4.78, 5) is 13.8. The topological polar surface area (TPSA) is 46.3 Å². The van der Waals surface area contributed by atoms with Crippen LogP contribution in [0.3, 0.4) is 0 Å². The van der Waals surface area contributed by atoms with Gasteiger partial charge in [-0.1, -0.05) is 36.7 Å². The Kier molecular flexibility index (Phi) is 5.66. The Balaban J connectivity index is 2.65. The molecule has 3 unspecified atom stereocenters. The molecule has 0 bridgehead atoms. The van der Waals surface area contributed by atoms with Crippen molar-refractivity contribution >= 4 is 21.8 Å². The molecule has 1 heterocycles. The first-order chi connectivity index (χ1) is 8.25. The molecule has 0 aliphatic carbocycles. The highest BCUT2D eigenvalue weighted by molar-refractivity contribution is 9.09. The molecule has 3 atom stereocenters. The summed E-state index contributed by atoms with van der Waals surface area (Å²) in [5, 5.41) is 1.00. The highest BCUT2D eigenvalue weighted by atomic mass is 79.9. The lowest BCUT2D eigenvalue weighted by atomic mass is 9.80. The van der Waals surface area contributed by atoms with E-state index in [0.717, 1.165) is 31.3 Å². The zero-order valence-corrected chi connectivity index (χ0v) is 13.7. The lowest BCUT2D eigenvalue weighted by Crippen LogP contribution is -2.49. The Hall–Kier alpha value is -0.0900. The number of amides is 1. The van der Waals surface area contributed by atoms with Crippen LogP contribution in [0.2, 0.25) is 0 Å². The molecule has 1 aliphatic rings. The molecular formula is C14H27BrN2O. The molecule has 0 aromatic rings. The SMILES string of the molecule is CC1CCC(C(N)=O)CN1CC(CBr)C(C)(C)C. The first-order valence-corrected chi connectivity index (χ1v) is 7.97. The number of carbonyl (C=O) groups excluding carboxylic acids is 1. The van der Waals surface area contributed by atoms with Crippen LogP contribution >= 0.6 is 15.9 Å². The van der Waals surface area contributed by atoms with Crippen LogP contribution in [0.25, 0.3) is 0 Å². The molecule has 1 amide bonds. The minimum atomic E-state index is -0.141. The molecule has 0 aromatic heterocycles. The Bertz CT molecular complexity index is 288. The van der Waals surface area contributed by atoms with E-state index in [4.69, 9.17) is 5.73 Å². The number of carbonyl (C=O) groups is 1. The number of likely N-dealkylation sites (tertiary alicyclic amines) is 1. The van der Waals surface area contributed by atoms with Crippen LogP contribution in [0.1, 0.15) is 40.5 Å². The predicted molar refractivity (Wildman–Crippen MR) is 79.7 cm³/mol. The maximum absolute atomic E-state index is 11.3. The van der Waals surface area contributed by atoms with Crippen LogP contribution in [0.15, 0.2) is 0 Å². The molecule has 1 aliphatic heterocycles. The first kappa shape index (κ1) is 16.0. The maximum atomic E-state index is 11.3. The molecule has 106 valence electrons. The second-order valence-corrected chi connectivity index (χ2v) is 7.34.